The molecule has 0 atom stereocenters. The summed E-state index contributed by atoms with van der Waals surface area (Å²) in [6.45, 7) is 6.24. The second kappa shape index (κ2) is 6.24. The van der Waals surface area contributed by atoms with Crippen LogP contribution in [-0.2, 0) is 0 Å². The van der Waals surface area contributed by atoms with Crippen molar-refractivity contribution in [2.75, 3.05) is 0 Å². The Hall–Kier alpha value is -0.300. The minimum Gasteiger partial charge on any atom is -0.390 e. The first kappa shape index (κ1) is 11.7. The van der Waals surface area contributed by atoms with E-state index in [9.17, 15) is 5.11 Å². The number of hydrogen-bond donors (Lipinski definition) is 1. The first-order chi connectivity index (χ1) is 5.68. The lowest BCUT2D eigenvalue weighted by Crippen LogP contribution is -2.25. The Morgan fingerprint density at radius 2 is 1.67 bits per heavy atom. The monoisotopic (exact) mass is 170 g/mol. The summed E-state index contributed by atoms with van der Waals surface area (Å²) in [6.07, 6.45) is 9.09. The predicted octanol–water partition coefficient (Wildman–Crippen LogP) is 3.28. The number of unbranched alkanes of at least 4 members (excludes halogenated alkanes) is 1. The summed E-state index contributed by atoms with van der Waals surface area (Å²) >= 11 is 0. The molecule has 0 saturated carbocycles. The number of aliphatic hydroxyl groups is 1. The highest BCUT2D eigenvalue weighted by Gasteiger charge is 2.19. The molecule has 1 heteroatoms. The maximum Gasteiger partial charge on any atom is 0.0676 e. The van der Waals surface area contributed by atoms with Gasteiger partial charge in [0.05, 0.1) is 5.60 Å². The molecule has 72 valence electrons. The van der Waals surface area contributed by atoms with Gasteiger partial charge in [-0.2, -0.15) is 0 Å². The normalized spacial score (nSPS) is 12.7. The first-order valence-corrected chi connectivity index (χ1v) is 5.06. The van der Waals surface area contributed by atoms with Crippen LogP contribution in [0.5, 0.6) is 0 Å². The van der Waals surface area contributed by atoms with Crippen LogP contribution in [0.3, 0.4) is 0 Å². The van der Waals surface area contributed by atoms with E-state index >= 15 is 0 Å². The Morgan fingerprint density at radius 3 is 2.08 bits per heavy atom. The topological polar surface area (TPSA) is 20.2 Å². The van der Waals surface area contributed by atoms with Gasteiger partial charge in [-0.1, -0.05) is 39.3 Å². The van der Waals surface area contributed by atoms with Crippen LogP contribution in [0.4, 0.5) is 0 Å². The van der Waals surface area contributed by atoms with Gasteiger partial charge in [0, 0.05) is 0 Å². The van der Waals surface area contributed by atoms with Crippen molar-refractivity contribution in [2.45, 2.75) is 58.5 Å². The minimum absolute atomic E-state index is 0.454. The quantitative estimate of drug-likeness (QED) is 0.606. The molecule has 0 bridgehead atoms. The molecule has 1 N–H and O–H groups in total. The van der Waals surface area contributed by atoms with Crippen molar-refractivity contribution < 1.29 is 5.11 Å². The van der Waals surface area contributed by atoms with E-state index in [1.54, 1.807) is 0 Å². The summed E-state index contributed by atoms with van der Waals surface area (Å²) < 4.78 is 0. The molecule has 0 aromatic heterocycles. The third-order valence-corrected chi connectivity index (χ3v) is 2.44. The van der Waals surface area contributed by atoms with Crippen molar-refractivity contribution in [3.63, 3.8) is 0 Å². The number of hydrogen-bond acceptors (Lipinski definition) is 1. The molecule has 0 rings (SSSR count). The van der Waals surface area contributed by atoms with Crippen LogP contribution in [0.25, 0.3) is 0 Å². The van der Waals surface area contributed by atoms with Crippen molar-refractivity contribution in [1.82, 2.24) is 0 Å². The van der Waals surface area contributed by atoms with Crippen molar-refractivity contribution >= 4 is 0 Å². The van der Waals surface area contributed by atoms with Crippen molar-refractivity contribution in [3.8, 4) is 0 Å². The molecular weight excluding hydrogens is 148 g/mol. The zero-order chi connectivity index (χ0) is 9.45. The van der Waals surface area contributed by atoms with E-state index < -0.39 is 5.60 Å². The lowest BCUT2D eigenvalue weighted by atomic mass is 9.93. The SMILES string of the molecule is CCC/C=C/CC(O)(CC)CC. The van der Waals surface area contributed by atoms with E-state index in [0.717, 1.165) is 25.7 Å². The second-order valence-corrected chi connectivity index (χ2v) is 3.40. The summed E-state index contributed by atoms with van der Waals surface area (Å²) in [5, 5.41) is 9.88. The van der Waals surface area contributed by atoms with E-state index in [1.807, 2.05) is 13.8 Å². The van der Waals surface area contributed by atoms with Gasteiger partial charge in [0.15, 0.2) is 0 Å². The van der Waals surface area contributed by atoms with Crippen LogP contribution in [0, 0.1) is 0 Å². The van der Waals surface area contributed by atoms with Gasteiger partial charge in [-0.3, -0.25) is 0 Å². The van der Waals surface area contributed by atoms with Crippen LogP contribution in [0.15, 0.2) is 12.2 Å². The Balaban J connectivity index is 3.72. The van der Waals surface area contributed by atoms with E-state index in [4.69, 9.17) is 0 Å². The molecule has 0 aromatic carbocycles. The lowest BCUT2D eigenvalue weighted by molar-refractivity contribution is 0.0353. The zero-order valence-corrected chi connectivity index (χ0v) is 8.64. The molecule has 0 fully saturated rings. The van der Waals surface area contributed by atoms with Crippen LogP contribution in [0.2, 0.25) is 0 Å². The Labute approximate surface area is 76.5 Å². The fourth-order valence-electron chi connectivity index (χ4n) is 1.13. The molecule has 1 nitrogen and oxygen atoms in total. The second-order valence-electron chi connectivity index (χ2n) is 3.40. The zero-order valence-electron chi connectivity index (χ0n) is 8.64. The van der Waals surface area contributed by atoms with Gasteiger partial charge < -0.3 is 5.11 Å². The van der Waals surface area contributed by atoms with E-state index in [0.29, 0.717) is 0 Å². The summed E-state index contributed by atoms with van der Waals surface area (Å²) in [5.74, 6) is 0. The van der Waals surface area contributed by atoms with Gasteiger partial charge in [-0.25, -0.2) is 0 Å². The summed E-state index contributed by atoms with van der Waals surface area (Å²) in [6, 6.07) is 0. The van der Waals surface area contributed by atoms with Crippen LogP contribution in [-0.4, -0.2) is 10.7 Å². The fourth-order valence-corrected chi connectivity index (χ4v) is 1.13. The summed E-state index contributed by atoms with van der Waals surface area (Å²) in [5.41, 5.74) is -0.454. The van der Waals surface area contributed by atoms with Gasteiger partial charge in [-0.05, 0) is 25.7 Å². The van der Waals surface area contributed by atoms with Crippen molar-refractivity contribution in [3.05, 3.63) is 12.2 Å². The molecule has 0 amide bonds. The first-order valence-electron chi connectivity index (χ1n) is 5.06. The highest BCUT2D eigenvalue weighted by molar-refractivity contribution is 4.90. The summed E-state index contributed by atoms with van der Waals surface area (Å²) in [7, 11) is 0. The highest BCUT2D eigenvalue weighted by atomic mass is 16.3. The molecule has 0 unspecified atom stereocenters. The van der Waals surface area contributed by atoms with Gasteiger partial charge in [0.2, 0.25) is 0 Å². The summed E-state index contributed by atoms with van der Waals surface area (Å²) in [4.78, 5) is 0. The molecule has 0 radical (unpaired) electrons. The molecule has 0 aliphatic carbocycles. The van der Waals surface area contributed by atoms with Gasteiger partial charge in [0.25, 0.3) is 0 Å². The molecule has 0 aromatic rings. The van der Waals surface area contributed by atoms with E-state index in [-0.39, 0.29) is 0 Å². The molecule has 0 heterocycles. The highest BCUT2D eigenvalue weighted by Crippen LogP contribution is 2.19. The third kappa shape index (κ3) is 4.55. The van der Waals surface area contributed by atoms with Gasteiger partial charge >= 0.3 is 0 Å². The van der Waals surface area contributed by atoms with E-state index in [2.05, 4.69) is 19.1 Å². The van der Waals surface area contributed by atoms with Gasteiger partial charge in [-0.15, -0.1) is 0 Å². The number of rotatable bonds is 6. The maximum atomic E-state index is 9.88. The third-order valence-electron chi connectivity index (χ3n) is 2.44. The molecule has 0 aliphatic rings. The standard InChI is InChI=1S/C11H22O/c1-4-7-8-9-10-11(12,5-2)6-3/h8-9,12H,4-7,10H2,1-3H3/b9-8+. The van der Waals surface area contributed by atoms with Crippen LogP contribution >= 0.6 is 0 Å². The molecule has 12 heavy (non-hydrogen) atoms. The van der Waals surface area contributed by atoms with E-state index in [1.165, 1.54) is 6.42 Å². The Bertz CT molecular complexity index is 123. The number of allylic oxidation sites excluding steroid dienone is 1. The lowest BCUT2D eigenvalue weighted by Gasteiger charge is -2.23. The largest absolute Gasteiger partial charge is 0.390 e. The molecular formula is C11H22O. The molecule has 0 aliphatic heterocycles. The Morgan fingerprint density at radius 1 is 1.08 bits per heavy atom. The Kier molecular flexibility index (Phi) is 6.09. The fraction of sp³-hybridized carbons (Fsp3) is 0.818. The average Bonchev–Trinajstić information content (AvgIpc) is 2.12. The van der Waals surface area contributed by atoms with Crippen LogP contribution in [0.1, 0.15) is 52.9 Å². The molecule has 0 spiro atoms. The smallest absolute Gasteiger partial charge is 0.0676 e. The van der Waals surface area contributed by atoms with Crippen molar-refractivity contribution in [2.24, 2.45) is 0 Å². The maximum absolute atomic E-state index is 9.88. The average molecular weight is 170 g/mol. The predicted molar refractivity (Wildman–Crippen MR) is 54.2 cm³/mol. The van der Waals surface area contributed by atoms with Crippen LogP contribution < -0.4 is 0 Å². The van der Waals surface area contributed by atoms with Gasteiger partial charge in [0.1, 0.15) is 0 Å². The molecule has 0 saturated heterocycles. The minimum atomic E-state index is -0.454. The van der Waals surface area contributed by atoms with Crippen molar-refractivity contribution in [1.29, 1.82) is 0 Å².